The van der Waals surface area contributed by atoms with Gasteiger partial charge in [0.15, 0.2) is 0 Å². The summed E-state index contributed by atoms with van der Waals surface area (Å²) in [4.78, 5) is -0.0535. The maximum atomic E-state index is 6.39. The first kappa shape index (κ1) is 17.9. The largest absolute Gasteiger partial charge is 0.492 e. The van der Waals surface area contributed by atoms with Gasteiger partial charge in [0, 0.05) is 19.1 Å². The lowest BCUT2D eigenvalue weighted by molar-refractivity contribution is 0.340. The highest BCUT2D eigenvalue weighted by atomic mass is 127. The summed E-state index contributed by atoms with van der Waals surface area (Å²) < 4.78 is 7.63. The Hall–Kier alpha value is 0.510. The van der Waals surface area contributed by atoms with Crippen molar-refractivity contribution in [2.45, 2.75) is 11.8 Å². The molecule has 0 aromatic heterocycles. The van der Waals surface area contributed by atoms with Gasteiger partial charge in [-0.15, -0.1) is 0 Å². The van der Waals surface area contributed by atoms with Crippen LogP contribution < -0.4 is 4.74 Å². The number of ether oxygens (including phenoxy) is 1. The number of rotatable bonds is 4. The number of alkyl halides is 1. The normalized spacial score (nSPS) is 12.3. The Balaban J connectivity index is 2.46. The van der Waals surface area contributed by atoms with Gasteiger partial charge in [0.2, 0.25) is 0 Å². The first-order valence-corrected chi connectivity index (χ1v) is 9.69. The minimum Gasteiger partial charge on any atom is -0.492 e. The quantitative estimate of drug-likeness (QED) is 0.281. The van der Waals surface area contributed by atoms with E-state index in [1.807, 2.05) is 25.1 Å². The molecule has 0 amide bonds. The van der Waals surface area contributed by atoms with Crippen LogP contribution in [-0.4, -0.2) is 6.61 Å². The van der Waals surface area contributed by atoms with Crippen molar-refractivity contribution in [1.82, 2.24) is 0 Å². The third-order valence-electron chi connectivity index (χ3n) is 2.86. The van der Waals surface area contributed by atoms with Crippen LogP contribution in [0.4, 0.5) is 0 Å². The van der Waals surface area contributed by atoms with Gasteiger partial charge in [-0.3, -0.25) is 0 Å². The van der Waals surface area contributed by atoms with E-state index < -0.39 is 0 Å². The van der Waals surface area contributed by atoms with Gasteiger partial charge in [-0.05, 0) is 64.9 Å². The smallest absolute Gasteiger partial charge is 0.139 e. The molecule has 2 aromatic rings. The van der Waals surface area contributed by atoms with Gasteiger partial charge in [-0.25, -0.2) is 0 Å². The number of hydrogen-bond acceptors (Lipinski definition) is 1. The van der Waals surface area contributed by atoms with E-state index in [0.717, 1.165) is 19.2 Å². The Bertz CT molecular complexity index is 664. The fourth-order valence-electron chi connectivity index (χ4n) is 1.88. The number of halogens is 5. The Morgan fingerprint density at radius 3 is 2.52 bits per heavy atom. The molecule has 0 spiro atoms. The fourth-order valence-corrected chi connectivity index (χ4v) is 4.56. The second-order valence-corrected chi connectivity index (χ2v) is 8.10. The minimum atomic E-state index is -0.0535. The highest BCUT2D eigenvalue weighted by molar-refractivity contribution is 14.1. The van der Waals surface area contributed by atoms with Crippen molar-refractivity contribution in [1.29, 1.82) is 0 Å². The third kappa shape index (κ3) is 4.28. The Morgan fingerprint density at radius 2 is 1.86 bits per heavy atom. The zero-order valence-corrected chi connectivity index (χ0v) is 17.8. The zero-order valence-electron chi connectivity index (χ0n) is 11.0. The van der Waals surface area contributed by atoms with Crippen LogP contribution in [-0.2, 0) is 0 Å². The predicted molar refractivity (Wildman–Crippen MR) is 105 cm³/mol. The molecule has 2 rings (SSSR count). The molecule has 0 saturated heterocycles. The Morgan fingerprint density at radius 1 is 1.14 bits per heavy atom. The van der Waals surface area contributed by atoms with Crippen molar-refractivity contribution in [3.05, 3.63) is 59.5 Å². The molecule has 0 bridgehead atoms. The second kappa shape index (κ2) is 7.86. The highest BCUT2D eigenvalue weighted by Crippen LogP contribution is 2.42. The molecule has 1 nitrogen and oxygen atoms in total. The Kier molecular flexibility index (Phi) is 6.69. The third-order valence-corrected chi connectivity index (χ3v) is 5.86. The summed E-state index contributed by atoms with van der Waals surface area (Å²) in [5, 5.41) is 1.18. The van der Waals surface area contributed by atoms with E-state index in [1.54, 1.807) is 6.07 Å². The van der Waals surface area contributed by atoms with Crippen molar-refractivity contribution >= 4 is 77.7 Å². The number of hydrogen-bond donors (Lipinski definition) is 0. The lowest BCUT2D eigenvalue weighted by Crippen LogP contribution is -1.98. The van der Waals surface area contributed by atoms with E-state index >= 15 is 0 Å². The molecule has 0 N–H and O–H groups in total. The van der Waals surface area contributed by atoms with E-state index in [1.165, 1.54) is 0 Å². The molecule has 1 unspecified atom stereocenters. The summed E-state index contributed by atoms with van der Waals surface area (Å²) in [5.74, 6) is 0.606. The summed E-state index contributed by atoms with van der Waals surface area (Å²) >= 11 is 22.2. The molecule has 0 aliphatic rings. The molecular weight excluding hydrogens is 554 g/mol. The fraction of sp³-hybridized carbons (Fsp3) is 0.200. The van der Waals surface area contributed by atoms with Crippen LogP contribution in [0.1, 0.15) is 22.9 Å². The van der Waals surface area contributed by atoms with E-state index in [4.69, 9.17) is 27.9 Å². The van der Waals surface area contributed by atoms with Crippen LogP contribution in [0.25, 0.3) is 0 Å². The molecule has 2 aromatic carbocycles. The van der Waals surface area contributed by atoms with Gasteiger partial charge in [0.05, 0.1) is 16.5 Å². The maximum absolute atomic E-state index is 6.39. The van der Waals surface area contributed by atoms with Crippen molar-refractivity contribution in [2.75, 3.05) is 6.61 Å². The average molecular weight is 565 g/mol. The van der Waals surface area contributed by atoms with Crippen LogP contribution in [0.3, 0.4) is 0 Å². The maximum Gasteiger partial charge on any atom is 0.139 e. The van der Waals surface area contributed by atoms with Gasteiger partial charge in [0.25, 0.3) is 0 Å². The van der Waals surface area contributed by atoms with E-state index in [0.29, 0.717) is 22.4 Å². The lowest BCUT2D eigenvalue weighted by Gasteiger charge is -2.17. The topological polar surface area (TPSA) is 9.23 Å². The molecule has 0 saturated carbocycles. The van der Waals surface area contributed by atoms with Crippen molar-refractivity contribution in [3.63, 3.8) is 0 Å². The molecular formula is C15H11Br2Cl2IO. The van der Waals surface area contributed by atoms with Gasteiger partial charge in [-0.1, -0.05) is 55.1 Å². The molecule has 0 heterocycles. The highest BCUT2D eigenvalue weighted by Gasteiger charge is 2.19. The van der Waals surface area contributed by atoms with Crippen LogP contribution >= 0.6 is 77.7 Å². The predicted octanol–water partition coefficient (Wildman–Crippen LogP) is 7.24. The van der Waals surface area contributed by atoms with Crippen molar-refractivity contribution in [2.24, 2.45) is 0 Å². The summed E-state index contributed by atoms with van der Waals surface area (Å²) in [7, 11) is 0. The van der Waals surface area contributed by atoms with E-state index in [-0.39, 0.29) is 4.83 Å². The molecule has 21 heavy (non-hydrogen) atoms. The van der Waals surface area contributed by atoms with E-state index in [9.17, 15) is 0 Å². The molecule has 112 valence electrons. The first-order valence-electron chi connectivity index (χ1n) is 6.14. The van der Waals surface area contributed by atoms with Crippen molar-refractivity contribution in [3.8, 4) is 5.75 Å². The molecule has 0 fully saturated rings. The summed E-state index contributed by atoms with van der Waals surface area (Å²) in [6.07, 6.45) is 0. The second-order valence-electron chi connectivity index (χ2n) is 4.27. The SMILES string of the molecule is CCOc1cc(Cl)c(C(Br)c2cc(I)ccc2Br)cc1Cl. The minimum absolute atomic E-state index is 0.0535. The van der Waals surface area contributed by atoms with Crippen LogP contribution in [0.15, 0.2) is 34.8 Å². The van der Waals surface area contributed by atoms with Gasteiger partial charge >= 0.3 is 0 Å². The van der Waals surface area contributed by atoms with Crippen LogP contribution in [0, 0.1) is 3.57 Å². The molecule has 6 heteroatoms. The van der Waals surface area contributed by atoms with Gasteiger partial charge in [-0.2, -0.15) is 0 Å². The first-order chi connectivity index (χ1) is 9.93. The Labute approximate surface area is 164 Å². The molecule has 0 aliphatic carbocycles. The van der Waals surface area contributed by atoms with Gasteiger partial charge in [0.1, 0.15) is 5.75 Å². The summed E-state index contributed by atoms with van der Waals surface area (Å²) in [6.45, 7) is 2.46. The lowest BCUT2D eigenvalue weighted by atomic mass is 10.0. The number of benzene rings is 2. The average Bonchev–Trinajstić information content (AvgIpc) is 2.44. The molecule has 1 atom stereocenters. The zero-order chi connectivity index (χ0) is 15.6. The van der Waals surface area contributed by atoms with Gasteiger partial charge < -0.3 is 4.74 Å². The molecule has 0 radical (unpaired) electrons. The summed E-state index contributed by atoms with van der Waals surface area (Å²) in [5.41, 5.74) is 2.01. The summed E-state index contributed by atoms with van der Waals surface area (Å²) in [6, 6.07) is 9.78. The molecule has 0 aliphatic heterocycles. The van der Waals surface area contributed by atoms with E-state index in [2.05, 4.69) is 60.5 Å². The monoisotopic (exact) mass is 562 g/mol. The van der Waals surface area contributed by atoms with Crippen molar-refractivity contribution < 1.29 is 4.74 Å². The van der Waals surface area contributed by atoms with Crippen LogP contribution in [0.5, 0.6) is 5.75 Å². The van der Waals surface area contributed by atoms with Crippen LogP contribution in [0.2, 0.25) is 10.0 Å². The standard InChI is InChI=1S/C15H11Br2Cl2IO/c1-2-21-14-7-12(18)10(6-13(14)19)15(17)9-5-8(20)3-4-11(9)16/h3-7,15H,2H2,1H3.